The summed E-state index contributed by atoms with van der Waals surface area (Å²) in [5.74, 6) is -6.57. The molecular weight excluding hydrogens is 1040 g/mol. The van der Waals surface area contributed by atoms with E-state index in [1.54, 1.807) is 140 Å². The quantitative estimate of drug-likeness (QED) is 0.0391. The van der Waals surface area contributed by atoms with Gasteiger partial charge in [0.05, 0.1) is 34.4 Å². The fraction of sp³-hybridized carbons (Fsp3) is 0.238. The minimum atomic E-state index is -2.34. The van der Waals surface area contributed by atoms with Gasteiger partial charge in [0.15, 0.2) is 24.6 Å². The van der Waals surface area contributed by atoms with Gasteiger partial charge >= 0.3 is 35.9 Å². The van der Waals surface area contributed by atoms with E-state index in [0.717, 1.165) is 0 Å². The molecule has 7 aromatic rings. The first kappa shape index (κ1) is 56.7. The minimum Gasteiger partial charge on any atom is -0.456 e. The van der Waals surface area contributed by atoms with Crippen LogP contribution in [0.3, 0.4) is 0 Å². The van der Waals surface area contributed by atoms with Crippen molar-refractivity contribution in [2.75, 3.05) is 13.7 Å². The second-order valence-electron chi connectivity index (χ2n) is 18.8. The molecule has 10 atom stereocenters. The molecule has 2 fully saturated rings. The Kier molecular flexibility index (Phi) is 19.0. The number of alkyl carbamates (subject to hydrolysis) is 1. The van der Waals surface area contributed by atoms with Crippen LogP contribution < -0.4 is 10.6 Å². The fourth-order valence-electron chi connectivity index (χ4n) is 9.22. The lowest BCUT2D eigenvalue weighted by atomic mass is 9.95. The summed E-state index contributed by atoms with van der Waals surface area (Å²) in [7, 11) is 1.24. The van der Waals surface area contributed by atoms with Gasteiger partial charge in [0, 0.05) is 13.7 Å². The van der Waals surface area contributed by atoms with Crippen molar-refractivity contribution in [3.63, 3.8) is 0 Å². The number of nitrogens with one attached hydrogen (secondary N) is 2. The topological polar surface area (TPSA) is 219 Å². The van der Waals surface area contributed by atoms with E-state index in [9.17, 15) is 28.8 Å². The molecule has 0 bridgehead atoms. The SMILES string of the molecule is CO[C@@]1(NC[C@H]2O[C@H](OCc3ccccc3)[C@H](NC(=O)OCc3ccccc3)[C@@H](OC(=O)c3ccccc3)[C@@H]2OC(=O)c2ccccc2)O[C@H]([C@@H](C)OC(=O)c2ccccc2)[C@H](OC(=O)c2ccccc2)[C@H]1OC(=O)c1ccccc1. The Labute approximate surface area is 467 Å². The van der Waals surface area contributed by atoms with Crippen molar-refractivity contribution in [3.05, 3.63) is 251 Å². The van der Waals surface area contributed by atoms with Crippen LogP contribution in [0, 0.1) is 0 Å². The average Bonchev–Trinajstić information content (AvgIpc) is 3.95. The molecule has 81 heavy (non-hydrogen) atoms. The van der Waals surface area contributed by atoms with Crippen LogP contribution in [0.5, 0.6) is 0 Å². The number of ether oxygens (including phenoxy) is 10. The van der Waals surface area contributed by atoms with Crippen molar-refractivity contribution < 1.29 is 76.1 Å². The molecule has 2 heterocycles. The van der Waals surface area contributed by atoms with E-state index in [4.69, 9.17) is 47.4 Å². The van der Waals surface area contributed by atoms with Gasteiger partial charge in [-0.15, -0.1) is 0 Å². The van der Waals surface area contributed by atoms with Crippen molar-refractivity contribution in [1.29, 1.82) is 0 Å². The molecule has 2 aliphatic heterocycles. The maximum absolute atomic E-state index is 14.4. The van der Waals surface area contributed by atoms with Gasteiger partial charge in [0.2, 0.25) is 6.10 Å². The maximum Gasteiger partial charge on any atom is 0.407 e. The molecule has 9 rings (SSSR count). The number of hydrogen-bond acceptors (Lipinski definition) is 17. The normalized spacial score (nSPS) is 22.4. The summed E-state index contributed by atoms with van der Waals surface area (Å²) in [6, 6.07) is 56.8. The van der Waals surface area contributed by atoms with Crippen LogP contribution in [0.4, 0.5) is 4.79 Å². The highest BCUT2D eigenvalue weighted by atomic mass is 16.8. The van der Waals surface area contributed by atoms with E-state index in [1.807, 2.05) is 24.3 Å². The minimum absolute atomic E-state index is 0.102. The highest BCUT2D eigenvalue weighted by Crippen LogP contribution is 2.39. The Balaban J connectivity index is 1.13. The van der Waals surface area contributed by atoms with Gasteiger partial charge in [-0.25, -0.2) is 28.8 Å². The van der Waals surface area contributed by atoms with E-state index >= 15 is 0 Å². The van der Waals surface area contributed by atoms with Gasteiger partial charge in [-0.05, 0) is 78.7 Å². The van der Waals surface area contributed by atoms with Gasteiger partial charge in [-0.3, -0.25) is 5.32 Å². The summed E-state index contributed by atoms with van der Waals surface area (Å²) < 4.78 is 63.3. The average molecular weight is 1100 g/mol. The molecular formula is C63H58N2O16. The lowest BCUT2D eigenvalue weighted by Crippen LogP contribution is -2.69. The Bertz CT molecular complexity index is 3180. The first-order chi connectivity index (χ1) is 39.5. The number of carbonyl (C=O) groups is 6. The van der Waals surface area contributed by atoms with Crippen LogP contribution in [0.2, 0.25) is 0 Å². The van der Waals surface area contributed by atoms with Crippen molar-refractivity contribution in [2.45, 2.75) is 81.1 Å². The van der Waals surface area contributed by atoms with Crippen LogP contribution in [0.15, 0.2) is 212 Å². The van der Waals surface area contributed by atoms with Gasteiger partial charge in [0.1, 0.15) is 31.0 Å². The summed E-state index contributed by atoms with van der Waals surface area (Å²) in [5, 5.41) is 5.99. The fourth-order valence-corrected chi connectivity index (χ4v) is 9.22. The molecule has 1 amide bonds. The number of methoxy groups -OCH3 is 1. The van der Waals surface area contributed by atoms with Crippen molar-refractivity contribution in [1.82, 2.24) is 10.6 Å². The molecule has 18 heteroatoms. The lowest BCUT2D eigenvalue weighted by Gasteiger charge is -2.46. The van der Waals surface area contributed by atoms with Crippen molar-refractivity contribution in [3.8, 4) is 0 Å². The molecule has 416 valence electrons. The number of esters is 5. The molecule has 2 aliphatic rings. The molecule has 0 spiro atoms. The zero-order valence-electron chi connectivity index (χ0n) is 44.1. The summed E-state index contributed by atoms with van der Waals surface area (Å²) in [6.07, 6.45) is -13.2. The van der Waals surface area contributed by atoms with E-state index < -0.39 is 103 Å². The summed E-state index contributed by atoms with van der Waals surface area (Å²) >= 11 is 0. The maximum atomic E-state index is 14.4. The van der Waals surface area contributed by atoms with Gasteiger partial charge in [-0.2, -0.15) is 0 Å². The van der Waals surface area contributed by atoms with Crippen molar-refractivity contribution >= 4 is 35.9 Å². The smallest absolute Gasteiger partial charge is 0.407 e. The Morgan fingerprint density at radius 3 is 1.35 bits per heavy atom. The summed E-state index contributed by atoms with van der Waals surface area (Å²) in [5.41, 5.74) is 2.03. The zero-order valence-corrected chi connectivity index (χ0v) is 44.1. The van der Waals surface area contributed by atoms with Crippen molar-refractivity contribution in [2.24, 2.45) is 0 Å². The Hall–Kier alpha value is -9.04. The Morgan fingerprint density at radius 2 is 0.889 bits per heavy atom. The summed E-state index contributed by atoms with van der Waals surface area (Å²) in [6.45, 7) is 0.762. The standard InChI is InChI=1S/C63H58N2O16/c1-41(75-56(66)44-28-14-5-15-29-44)51-54(79-59(69)47-34-20-8-21-35-47)55(80-60(70)48-36-22-9-23-37-48)63(72-2,81-51)64-38-49-52(77-57(67)45-30-16-6-17-31-45)53(78-58(68)46-32-18-7-19-33-46)50(61(76-49)73-39-42-24-10-3-11-25-42)65-62(71)74-40-43-26-12-4-13-27-43/h3-37,41,49-55,61,64H,38-40H2,1-2H3,(H,65,71)/t41-,49-,50-,51-,52-,53-,54+,55-,61+,63-/m1/s1. The van der Waals surface area contributed by atoms with Crippen LogP contribution in [0.25, 0.3) is 0 Å². The highest BCUT2D eigenvalue weighted by molar-refractivity contribution is 5.92. The molecule has 0 saturated carbocycles. The first-order valence-corrected chi connectivity index (χ1v) is 26.0. The molecule has 0 aliphatic carbocycles. The molecule has 18 nitrogen and oxygen atoms in total. The summed E-state index contributed by atoms with van der Waals surface area (Å²) in [4.78, 5) is 85.1. The lowest BCUT2D eigenvalue weighted by molar-refractivity contribution is -0.288. The van der Waals surface area contributed by atoms with Gasteiger partial charge in [0.25, 0.3) is 5.91 Å². The molecule has 7 aromatic carbocycles. The van der Waals surface area contributed by atoms with Crippen LogP contribution in [-0.4, -0.2) is 111 Å². The van der Waals surface area contributed by atoms with Gasteiger partial charge in [-0.1, -0.05) is 152 Å². The van der Waals surface area contributed by atoms with E-state index in [0.29, 0.717) is 11.1 Å². The van der Waals surface area contributed by atoms with Gasteiger partial charge < -0.3 is 52.7 Å². The monoisotopic (exact) mass is 1100 g/mol. The highest BCUT2D eigenvalue weighted by Gasteiger charge is 2.63. The predicted octanol–water partition coefficient (Wildman–Crippen LogP) is 8.66. The van der Waals surface area contributed by atoms with E-state index in [2.05, 4.69) is 10.6 Å². The first-order valence-electron chi connectivity index (χ1n) is 26.0. The predicted molar refractivity (Wildman–Crippen MR) is 290 cm³/mol. The number of carbonyl (C=O) groups excluding carboxylic acids is 6. The van der Waals surface area contributed by atoms with Crippen LogP contribution in [-0.2, 0) is 60.6 Å². The second kappa shape index (κ2) is 27.2. The third-order valence-electron chi connectivity index (χ3n) is 13.3. The number of amides is 1. The second-order valence-corrected chi connectivity index (χ2v) is 18.8. The number of benzene rings is 7. The molecule has 0 unspecified atom stereocenters. The zero-order chi connectivity index (χ0) is 56.6. The third-order valence-corrected chi connectivity index (χ3v) is 13.3. The van der Waals surface area contributed by atoms with Crippen LogP contribution >= 0.6 is 0 Å². The molecule has 2 N–H and O–H groups in total. The molecule has 2 saturated heterocycles. The number of rotatable bonds is 21. The third kappa shape index (κ3) is 14.4. The molecule has 0 aromatic heterocycles. The molecule has 0 radical (unpaired) electrons. The Morgan fingerprint density at radius 1 is 0.494 bits per heavy atom. The van der Waals surface area contributed by atoms with E-state index in [1.165, 1.54) is 62.6 Å². The number of hydrogen-bond donors (Lipinski definition) is 2. The van der Waals surface area contributed by atoms with E-state index in [-0.39, 0.29) is 41.0 Å². The largest absolute Gasteiger partial charge is 0.456 e. The van der Waals surface area contributed by atoms with Crippen LogP contribution in [0.1, 0.15) is 69.8 Å².